The summed E-state index contributed by atoms with van der Waals surface area (Å²) in [5.41, 5.74) is 6.35. The third-order valence-corrected chi connectivity index (χ3v) is 4.23. The number of hydrogen-bond donors (Lipinski definition) is 2. The number of benzene rings is 1. The molecular weight excluding hydrogens is 280 g/mol. The molecule has 5 heteroatoms. The minimum absolute atomic E-state index is 0.0794. The van der Waals surface area contributed by atoms with Crippen LogP contribution < -0.4 is 15.8 Å². The van der Waals surface area contributed by atoms with E-state index in [1.54, 1.807) is 7.11 Å². The maximum absolute atomic E-state index is 12.1. The van der Waals surface area contributed by atoms with Gasteiger partial charge in [0.15, 0.2) is 0 Å². The Morgan fingerprint density at radius 1 is 1.27 bits per heavy atom. The number of primary amides is 1. The predicted octanol–water partition coefficient (Wildman–Crippen LogP) is 1.79. The zero-order valence-corrected chi connectivity index (χ0v) is 13.0. The average molecular weight is 304 g/mol. The van der Waals surface area contributed by atoms with E-state index in [2.05, 4.69) is 5.32 Å². The highest BCUT2D eigenvalue weighted by Gasteiger charge is 2.22. The fourth-order valence-corrected chi connectivity index (χ4v) is 2.95. The second kappa shape index (κ2) is 7.82. The number of carbonyl (C=O) groups is 2. The van der Waals surface area contributed by atoms with Crippen LogP contribution in [0.25, 0.3) is 0 Å². The highest BCUT2D eigenvalue weighted by molar-refractivity contribution is 5.86. The van der Waals surface area contributed by atoms with Crippen LogP contribution in [-0.4, -0.2) is 25.0 Å². The van der Waals surface area contributed by atoms with Crippen molar-refractivity contribution >= 4 is 11.8 Å². The lowest BCUT2D eigenvalue weighted by Crippen LogP contribution is -2.46. The van der Waals surface area contributed by atoms with Crippen molar-refractivity contribution in [1.82, 2.24) is 5.32 Å². The molecule has 2 amide bonds. The van der Waals surface area contributed by atoms with Gasteiger partial charge in [-0.15, -0.1) is 0 Å². The van der Waals surface area contributed by atoms with Crippen molar-refractivity contribution in [2.45, 2.75) is 44.6 Å². The Balaban J connectivity index is 1.90. The topological polar surface area (TPSA) is 81.4 Å². The van der Waals surface area contributed by atoms with Crippen LogP contribution in [0.3, 0.4) is 0 Å². The first-order chi connectivity index (χ1) is 10.6. The van der Waals surface area contributed by atoms with Gasteiger partial charge >= 0.3 is 0 Å². The summed E-state index contributed by atoms with van der Waals surface area (Å²) in [6, 6.07) is 6.74. The molecule has 0 saturated heterocycles. The molecular formula is C17H24N2O3. The standard InChI is InChI=1S/C17H24N2O3/c1-22-14-8-6-13(7-9-14)10-15(17(18)21)19-16(20)11-12-4-2-3-5-12/h6-9,12,15H,2-5,10-11H2,1H3,(H2,18,21)(H,19,20)/t15-/m0/s1. The van der Waals surface area contributed by atoms with Crippen LogP contribution in [0.4, 0.5) is 0 Å². The van der Waals surface area contributed by atoms with Crippen LogP contribution in [0.2, 0.25) is 0 Å². The smallest absolute Gasteiger partial charge is 0.240 e. The monoisotopic (exact) mass is 304 g/mol. The molecule has 0 aromatic heterocycles. The zero-order chi connectivity index (χ0) is 15.9. The van der Waals surface area contributed by atoms with Crippen LogP contribution in [-0.2, 0) is 16.0 Å². The van der Waals surface area contributed by atoms with Gasteiger partial charge < -0.3 is 15.8 Å². The van der Waals surface area contributed by atoms with Gasteiger partial charge in [0.2, 0.25) is 11.8 Å². The number of hydrogen-bond acceptors (Lipinski definition) is 3. The van der Waals surface area contributed by atoms with Crippen molar-refractivity contribution in [2.24, 2.45) is 11.7 Å². The van der Waals surface area contributed by atoms with Gasteiger partial charge in [0, 0.05) is 12.8 Å². The Bertz CT molecular complexity index is 507. The third-order valence-electron chi connectivity index (χ3n) is 4.23. The molecule has 3 N–H and O–H groups in total. The Morgan fingerprint density at radius 3 is 2.45 bits per heavy atom. The van der Waals surface area contributed by atoms with E-state index in [-0.39, 0.29) is 5.91 Å². The van der Waals surface area contributed by atoms with Gasteiger partial charge in [-0.1, -0.05) is 25.0 Å². The number of methoxy groups -OCH3 is 1. The SMILES string of the molecule is COc1ccc(C[C@H](NC(=O)CC2CCCC2)C(N)=O)cc1. The van der Waals surface area contributed by atoms with Crippen LogP contribution in [0, 0.1) is 5.92 Å². The number of amides is 2. The molecule has 1 aromatic carbocycles. The first-order valence-corrected chi connectivity index (χ1v) is 7.80. The molecule has 1 aromatic rings. The van der Waals surface area contributed by atoms with E-state index >= 15 is 0 Å². The summed E-state index contributed by atoms with van der Waals surface area (Å²) in [6.45, 7) is 0. The van der Waals surface area contributed by atoms with Crippen molar-refractivity contribution < 1.29 is 14.3 Å². The van der Waals surface area contributed by atoms with E-state index in [1.165, 1.54) is 12.8 Å². The van der Waals surface area contributed by atoms with E-state index in [0.29, 0.717) is 18.8 Å². The number of rotatable bonds is 7. The summed E-state index contributed by atoms with van der Waals surface area (Å²) < 4.78 is 5.10. The minimum Gasteiger partial charge on any atom is -0.497 e. The Labute approximate surface area is 131 Å². The number of nitrogens with one attached hydrogen (secondary N) is 1. The maximum Gasteiger partial charge on any atom is 0.240 e. The average Bonchev–Trinajstić information content (AvgIpc) is 3.00. The molecule has 1 saturated carbocycles. The highest BCUT2D eigenvalue weighted by atomic mass is 16.5. The molecule has 0 spiro atoms. The molecule has 0 heterocycles. The van der Waals surface area contributed by atoms with E-state index < -0.39 is 11.9 Å². The summed E-state index contributed by atoms with van der Waals surface area (Å²) >= 11 is 0. The first-order valence-electron chi connectivity index (χ1n) is 7.80. The first kappa shape index (κ1) is 16.3. The Morgan fingerprint density at radius 2 is 1.91 bits per heavy atom. The van der Waals surface area contributed by atoms with Gasteiger partial charge in [-0.25, -0.2) is 0 Å². The van der Waals surface area contributed by atoms with E-state index in [0.717, 1.165) is 24.2 Å². The molecule has 0 radical (unpaired) electrons. The lowest BCUT2D eigenvalue weighted by molar-refractivity contribution is -0.127. The summed E-state index contributed by atoms with van der Waals surface area (Å²) in [5, 5.41) is 2.78. The van der Waals surface area contributed by atoms with Crippen molar-refractivity contribution in [3.05, 3.63) is 29.8 Å². The molecule has 0 aliphatic heterocycles. The second-order valence-corrected chi connectivity index (χ2v) is 5.93. The van der Waals surface area contributed by atoms with Gasteiger partial charge in [0.05, 0.1) is 7.11 Å². The van der Waals surface area contributed by atoms with Gasteiger partial charge in [0.1, 0.15) is 11.8 Å². The molecule has 0 unspecified atom stereocenters. The van der Waals surface area contributed by atoms with E-state index in [9.17, 15) is 9.59 Å². The number of nitrogens with two attached hydrogens (primary N) is 1. The lowest BCUT2D eigenvalue weighted by Gasteiger charge is -2.17. The Kier molecular flexibility index (Phi) is 5.81. The van der Waals surface area contributed by atoms with Gasteiger partial charge in [-0.05, 0) is 36.5 Å². The van der Waals surface area contributed by atoms with Gasteiger partial charge in [-0.3, -0.25) is 9.59 Å². The van der Waals surface area contributed by atoms with Crippen molar-refractivity contribution in [3.8, 4) is 5.75 Å². The highest BCUT2D eigenvalue weighted by Crippen LogP contribution is 2.27. The van der Waals surface area contributed by atoms with Crippen LogP contribution in [0.15, 0.2) is 24.3 Å². The quantitative estimate of drug-likeness (QED) is 0.805. The van der Waals surface area contributed by atoms with Crippen molar-refractivity contribution in [3.63, 3.8) is 0 Å². The minimum atomic E-state index is -0.665. The molecule has 1 atom stereocenters. The van der Waals surface area contributed by atoms with Crippen LogP contribution in [0.5, 0.6) is 5.75 Å². The summed E-state index contributed by atoms with van der Waals surface area (Å²) in [7, 11) is 1.60. The third kappa shape index (κ3) is 4.76. The lowest BCUT2D eigenvalue weighted by atomic mass is 10.0. The zero-order valence-electron chi connectivity index (χ0n) is 13.0. The molecule has 1 fully saturated rings. The molecule has 120 valence electrons. The van der Waals surface area contributed by atoms with Crippen LogP contribution >= 0.6 is 0 Å². The number of carbonyl (C=O) groups excluding carboxylic acids is 2. The van der Waals surface area contributed by atoms with Crippen LogP contribution in [0.1, 0.15) is 37.7 Å². The van der Waals surface area contributed by atoms with Crippen molar-refractivity contribution in [2.75, 3.05) is 7.11 Å². The molecule has 1 aliphatic carbocycles. The summed E-state index contributed by atoms with van der Waals surface area (Å²) in [4.78, 5) is 23.6. The normalized spacial score (nSPS) is 16.2. The largest absolute Gasteiger partial charge is 0.497 e. The molecule has 1 aliphatic rings. The fourth-order valence-electron chi connectivity index (χ4n) is 2.95. The molecule has 0 bridgehead atoms. The summed E-state index contributed by atoms with van der Waals surface area (Å²) in [5.74, 6) is 0.624. The number of ether oxygens (including phenoxy) is 1. The van der Waals surface area contributed by atoms with Gasteiger partial charge in [-0.2, -0.15) is 0 Å². The van der Waals surface area contributed by atoms with E-state index in [1.807, 2.05) is 24.3 Å². The second-order valence-electron chi connectivity index (χ2n) is 5.93. The van der Waals surface area contributed by atoms with Crippen molar-refractivity contribution in [1.29, 1.82) is 0 Å². The predicted molar refractivity (Wildman–Crippen MR) is 84.4 cm³/mol. The molecule has 22 heavy (non-hydrogen) atoms. The van der Waals surface area contributed by atoms with E-state index in [4.69, 9.17) is 10.5 Å². The molecule has 2 rings (SSSR count). The summed E-state index contributed by atoms with van der Waals surface area (Å²) in [6.07, 6.45) is 5.49. The molecule has 5 nitrogen and oxygen atoms in total. The fraction of sp³-hybridized carbons (Fsp3) is 0.529. The van der Waals surface area contributed by atoms with Gasteiger partial charge in [0.25, 0.3) is 0 Å². The maximum atomic E-state index is 12.1. The Hall–Kier alpha value is -2.04.